The number of ether oxygens (including phenoxy) is 1. The van der Waals surface area contributed by atoms with Crippen LogP contribution in [0.15, 0.2) is 0 Å². The van der Waals surface area contributed by atoms with E-state index < -0.39 is 5.97 Å². The Morgan fingerprint density at radius 1 is 1.25 bits per heavy atom. The average molecular weight is 334 g/mol. The smallest absolute Gasteiger partial charge is 0.354 e. The van der Waals surface area contributed by atoms with E-state index in [0.29, 0.717) is 28.9 Å². The number of H-pyrrole nitrogens is 1. The molecule has 1 N–H and O–H groups in total. The number of amides is 1. The maximum Gasteiger partial charge on any atom is 0.354 e. The summed E-state index contributed by atoms with van der Waals surface area (Å²) in [6.07, 6.45) is 2.35. The molecule has 0 aliphatic heterocycles. The van der Waals surface area contributed by atoms with Gasteiger partial charge in [0.1, 0.15) is 5.69 Å². The van der Waals surface area contributed by atoms with Gasteiger partial charge in [0.15, 0.2) is 5.78 Å². The summed E-state index contributed by atoms with van der Waals surface area (Å²) in [6.45, 7) is 7.53. The first-order valence-corrected chi connectivity index (χ1v) is 8.36. The number of esters is 1. The number of rotatable bonds is 7. The standard InChI is InChI=1S/C18H26N2O4/c1-10(2)8-15(22)20(13-6-7-13)9-14(21)16-11(3)17(18(23)24-5)19-12(16)4/h10,13,19H,6-9H2,1-5H3. The van der Waals surface area contributed by atoms with Gasteiger partial charge < -0.3 is 14.6 Å². The second-order valence-electron chi connectivity index (χ2n) is 6.89. The topological polar surface area (TPSA) is 79.5 Å². The Labute approximate surface area is 142 Å². The molecule has 0 radical (unpaired) electrons. The summed E-state index contributed by atoms with van der Waals surface area (Å²) in [4.78, 5) is 41.6. The molecular formula is C18H26N2O4. The van der Waals surface area contributed by atoms with Crippen LogP contribution in [-0.4, -0.2) is 47.2 Å². The van der Waals surface area contributed by atoms with Crippen molar-refractivity contribution >= 4 is 17.7 Å². The summed E-state index contributed by atoms with van der Waals surface area (Å²) < 4.78 is 4.73. The number of hydrogen-bond donors (Lipinski definition) is 1. The number of aromatic amines is 1. The van der Waals surface area contributed by atoms with Crippen molar-refractivity contribution < 1.29 is 19.1 Å². The van der Waals surface area contributed by atoms with E-state index in [-0.39, 0.29) is 30.2 Å². The molecule has 1 aromatic rings. The molecule has 0 saturated heterocycles. The third kappa shape index (κ3) is 3.86. The van der Waals surface area contributed by atoms with Crippen LogP contribution in [0.5, 0.6) is 0 Å². The summed E-state index contributed by atoms with van der Waals surface area (Å²) in [7, 11) is 1.30. The van der Waals surface area contributed by atoms with Crippen LogP contribution in [0, 0.1) is 19.8 Å². The minimum Gasteiger partial charge on any atom is -0.464 e. The van der Waals surface area contributed by atoms with Crippen LogP contribution in [0.1, 0.15) is 65.2 Å². The Hall–Kier alpha value is -2.11. The van der Waals surface area contributed by atoms with Crippen molar-refractivity contribution in [1.82, 2.24) is 9.88 Å². The number of hydrogen-bond acceptors (Lipinski definition) is 4. The van der Waals surface area contributed by atoms with Crippen molar-refractivity contribution in [1.29, 1.82) is 0 Å². The van der Waals surface area contributed by atoms with E-state index in [1.807, 2.05) is 13.8 Å². The summed E-state index contributed by atoms with van der Waals surface area (Å²) in [5, 5.41) is 0. The molecule has 1 aliphatic carbocycles. The molecule has 24 heavy (non-hydrogen) atoms. The Kier molecular flexibility index (Phi) is 5.47. The van der Waals surface area contributed by atoms with Crippen LogP contribution >= 0.6 is 0 Å². The van der Waals surface area contributed by atoms with Crippen molar-refractivity contribution in [2.75, 3.05) is 13.7 Å². The Balaban J connectivity index is 2.20. The van der Waals surface area contributed by atoms with Crippen LogP contribution in [0.3, 0.4) is 0 Å². The lowest BCUT2D eigenvalue weighted by Gasteiger charge is -2.23. The minimum absolute atomic E-state index is 0.0277. The summed E-state index contributed by atoms with van der Waals surface area (Å²) in [6, 6.07) is 0.180. The number of nitrogens with one attached hydrogen (secondary N) is 1. The largest absolute Gasteiger partial charge is 0.464 e. The molecule has 1 amide bonds. The van der Waals surface area contributed by atoms with Crippen LogP contribution in [0.25, 0.3) is 0 Å². The zero-order valence-electron chi connectivity index (χ0n) is 15.1. The lowest BCUT2D eigenvalue weighted by Crippen LogP contribution is -2.38. The highest BCUT2D eigenvalue weighted by Gasteiger charge is 2.35. The monoisotopic (exact) mass is 334 g/mol. The molecule has 0 unspecified atom stereocenters. The van der Waals surface area contributed by atoms with Crippen molar-refractivity contribution in [3.63, 3.8) is 0 Å². The first-order valence-electron chi connectivity index (χ1n) is 8.36. The zero-order valence-corrected chi connectivity index (χ0v) is 15.1. The molecule has 2 rings (SSSR count). The molecule has 6 heteroatoms. The first kappa shape index (κ1) is 18.2. The molecule has 132 valence electrons. The quantitative estimate of drug-likeness (QED) is 0.614. The van der Waals surface area contributed by atoms with Gasteiger partial charge in [-0.2, -0.15) is 0 Å². The van der Waals surface area contributed by atoms with Gasteiger partial charge in [0.2, 0.25) is 5.91 Å². The Morgan fingerprint density at radius 3 is 2.38 bits per heavy atom. The molecule has 1 aromatic heterocycles. The normalized spacial score (nSPS) is 13.9. The van der Waals surface area contributed by atoms with E-state index in [1.165, 1.54) is 7.11 Å². The predicted octanol–water partition coefficient (Wildman–Crippen LogP) is 2.64. The summed E-state index contributed by atoms with van der Waals surface area (Å²) in [5.74, 6) is -0.347. The Bertz CT molecular complexity index is 656. The highest BCUT2D eigenvalue weighted by molar-refractivity contribution is 6.04. The van der Waals surface area contributed by atoms with Crippen molar-refractivity contribution in [2.24, 2.45) is 5.92 Å². The second kappa shape index (κ2) is 7.20. The molecule has 0 aromatic carbocycles. The highest BCUT2D eigenvalue weighted by atomic mass is 16.5. The number of aromatic nitrogens is 1. The lowest BCUT2D eigenvalue weighted by molar-refractivity contribution is -0.132. The van der Waals surface area contributed by atoms with E-state index in [1.54, 1.807) is 18.7 Å². The van der Waals surface area contributed by atoms with E-state index in [9.17, 15) is 14.4 Å². The third-order valence-electron chi connectivity index (χ3n) is 4.31. The number of nitrogens with zero attached hydrogens (tertiary/aromatic N) is 1. The highest BCUT2D eigenvalue weighted by Crippen LogP contribution is 2.29. The Morgan fingerprint density at radius 2 is 1.88 bits per heavy atom. The fourth-order valence-electron chi connectivity index (χ4n) is 2.98. The van der Waals surface area contributed by atoms with Gasteiger partial charge in [0.05, 0.1) is 13.7 Å². The van der Waals surface area contributed by atoms with Gasteiger partial charge in [-0.1, -0.05) is 13.8 Å². The molecule has 6 nitrogen and oxygen atoms in total. The van der Waals surface area contributed by atoms with Crippen molar-refractivity contribution in [3.8, 4) is 0 Å². The molecule has 0 bridgehead atoms. The van der Waals surface area contributed by atoms with Gasteiger partial charge in [0.25, 0.3) is 0 Å². The number of aryl methyl sites for hydroxylation is 1. The third-order valence-corrected chi connectivity index (χ3v) is 4.31. The van der Waals surface area contributed by atoms with Crippen molar-refractivity contribution in [3.05, 3.63) is 22.5 Å². The predicted molar refractivity (Wildman–Crippen MR) is 90.1 cm³/mol. The molecular weight excluding hydrogens is 308 g/mol. The van der Waals surface area contributed by atoms with E-state index in [4.69, 9.17) is 4.74 Å². The van der Waals surface area contributed by atoms with E-state index in [2.05, 4.69) is 4.98 Å². The molecule has 1 heterocycles. The van der Waals surface area contributed by atoms with Gasteiger partial charge in [-0.25, -0.2) is 4.79 Å². The molecule has 1 aliphatic rings. The van der Waals surface area contributed by atoms with E-state index >= 15 is 0 Å². The first-order chi connectivity index (χ1) is 11.3. The van der Waals surface area contributed by atoms with Crippen LogP contribution in [-0.2, 0) is 9.53 Å². The molecule has 0 atom stereocenters. The molecule has 0 spiro atoms. The van der Waals surface area contributed by atoms with Gasteiger partial charge in [-0.15, -0.1) is 0 Å². The van der Waals surface area contributed by atoms with Gasteiger partial charge in [-0.05, 0) is 38.2 Å². The summed E-state index contributed by atoms with van der Waals surface area (Å²) in [5.41, 5.74) is 1.99. The number of Topliss-reactive ketones (excluding diaryl/α,β-unsaturated/α-hetero) is 1. The maximum absolute atomic E-state index is 12.8. The molecule has 1 saturated carbocycles. The lowest BCUT2D eigenvalue weighted by atomic mass is 10.0. The van der Waals surface area contributed by atoms with Crippen molar-refractivity contribution in [2.45, 2.75) is 53.0 Å². The molecule has 1 fully saturated rings. The van der Waals surface area contributed by atoms with Crippen LogP contribution in [0.4, 0.5) is 0 Å². The van der Waals surface area contributed by atoms with E-state index in [0.717, 1.165) is 12.8 Å². The minimum atomic E-state index is -0.496. The SMILES string of the molecule is COC(=O)c1[nH]c(C)c(C(=O)CN(C(=O)CC(C)C)C2CC2)c1C. The number of methoxy groups -OCH3 is 1. The summed E-state index contributed by atoms with van der Waals surface area (Å²) >= 11 is 0. The number of carbonyl (C=O) groups excluding carboxylic acids is 3. The van der Waals surface area contributed by atoms with Gasteiger partial charge in [-0.3, -0.25) is 9.59 Å². The van der Waals surface area contributed by atoms with Crippen LogP contribution < -0.4 is 0 Å². The number of ketones is 1. The fraction of sp³-hybridized carbons (Fsp3) is 0.611. The number of carbonyl (C=O) groups is 3. The zero-order chi connectivity index (χ0) is 18.0. The van der Waals surface area contributed by atoms with Gasteiger partial charge in [0, 0.05) is 23.7 Å². The average Bonchev–Trinajstić information content (AvgIpc) is 3.28. The van der Waals surface area contributed by atoms with Crippen LogP contribution in [0.2, 0.25) is 0 Å². The van der Waals surface area contributed by atoms with Gasteiger partial charge >= 0.3 is 5.97 Å². The fourth-order valence-corrected chi connectivity index (χ4v) is 2.98. The maximum atomic E-state index is 12.8. The second-order valence-corrected chi connectivity index (χ2v) is 6.89.